The second-order valence-electron chi connectivity index (χ2n) is 8.21. The summed E-state index contributed by atoms with van der Waals surface area (Å²) in [7, 11) is 0. The Balaban J connectivity index is 0.000000454. The summed E-state index contributed by atoms with van der Waals surface area (Å²) in [6.45, 7) is 3.42. The summed E-state index contributed by atoms with van der Waals surface area (Å²) >= 11 is 5.84. The molecule has 0 unspecified atom stereocenters. The topological polar surface area (TPSA) is 115 Å². The van der Waals surface area contributed by atoms with Gasteiger partial charge in [-0.05, 0) is 37.1 Å². The SMILES string of the molecule is O=C(NCCN1CCC2(CC1)C(=O)NCN2c1ccccc1)c1cccc(Cl)n1.O=C(O)C(F)(F)F. The van der Waals surface area contributed by atoms with Gasteiger partial charge in [-0.25, -0.2) is 9.78 Å². The average Bonchev–Trinajstić information content (AvgIpc) is 3.16. The summed E-state index contributed by atoms with van der Waals surface area (Å²) in [4.78, 5) is 42.3. The number of alkyl halides is 3. The number of pyridine rings is 1. The number of hydrogen-bond donors (Lipinski definition) is 3. The van der Waals surface area contributed by atoms with E-state index in [9.17, 15) is 22.8 Å². The van der Waals surface area contributed by atoms with Gasteiger partial charge in [-0.1, -0.05) is 35.9 Å². The van der Waals surface area contributed by atoms with E-state index in [1.54, 1.807) is 18.2 Å². The number of benzene rings is 1. The molecule has 1 aromatic heterocycles. The van der Waals surface area contributed by atoms with Crippen LogP contribution in [-0.4, -0.2) is 77.3 Å². The smallest absolute Gasteiger partial charge is 0.475 e. The highest BCUT2D eigenvalue weighted by Gasteiger charge is 2.50. The van der Waals surface area contributed by atoms with Crippen LogP contribution in [0.2, 0.25) is 5.15 Å². The van der Waals surface area contributed by atoms with Crippen molar-refractivity contribution in [2.75, 3.05) is 37.7 Å². The fraction of sp³-hybridized carbons (Fsp3) is 0.391. The van der Waals surface area contributed by atoms with Crippen LogP contribution in [0.3, 0.4) is 0 Å². The van der Waals surface area contributed by atoms with Crippen molar-refractivity contribution in [3.8, 4) is 0 Å². The Kier molecular flexibility index (Phi) is 8.75. The van der Waals surface area contributed by atoms with E-state index in [1.165, 1.54) is 0 Å². The van der Waals surface area contributed by atoms with Crippen LogP contribution in [0.15, 0.2) is 48.5 Å². The molecular weight excluding hydrogens is 503 g/mol. The normalized spacial score (nSPS) is 17.2. The van der Waals surface area contributed by atoms with Crippen LogP contribution < -0.4 is 15.5 Å². The lowest BCUT2D eigenvalue weighted by Crippen LogP contribution is -2.57. The first-order valence-corrected chi connectivity index (χ1v) is 11.4. The zero-order chi connectivity index (χ0) is 26.3. The Bertz CT molecular complexity index is 1080. The number of nitrogens with one attached hydrogen (secondary N) is 2. The lowest BCUT2D eigenvalue weighted by Gasteiger charge is -2.43. The number of aromatic nitrogens is 1. The summed E-state index contributed by atoms with van der Waals surface area (Å²) < 4.78 is 31.7. The summed E-state index contributed by atoms with van der Waals surface area (Å²) in [5, 5.41) is 13.3. The number of carboxylic acids is 1. The van der Waals surface area contributed by atoms with Crippen molar-refractivity contribution in [1.29, 1.82) is 0 Å². The van der Waals surface area contributed by atoms with Crippen LogP contribution in [-0.2, 0) is 9.59 Å². The van der Waals surface area contributed by atoms with Gasteiger partial charge in [0.25, 0.3) is 5.91 Å². The average molecular weight is 528 g/mol. The van der Waals surface area contributed by atoms with Gasteiger partial charge in [0, 0.05) is 31.9 Å². The number of nitrogens with zero attached hydrogens (tertiary/aromatic N) is 3. The number of piperidine rings is 1. The molecule has 9 nitrogen and oxygen atoms in total. The minimum atomic E-state index is -5.08. The molecule has 1 spiro atoms. The molecule has 2 aliphatic heterocycles. The molecule has 0 bridgehead atoms. The fourth-order valence-electron chi connectivity index (χ4n) is 4.13. The number of aliphatic carboxylic acids is 1. The van der Waals surface area contributed by atoms with E-state index < -0.39 is 17.7 Å². The zero-order valence-corrected chi connectivity index (χ0v) is 19.8. The number of hydrogen-bond acceptors (Lipinski definition) is 6. The molecule has 0 aliphatic carbocycles. The molecule has 2 aromatic rings. The number of halogens is 4. The predicted octanol–water partition coefficient (Wildman–Crippen LogP) is 2.53. The van der Waals surface area contributed by atoms with Crippen molar-refractivity contribution in [2.24, 2.45) is 0 Å². The molecule has 3 N–H and O–H groups in total. The van der Waals surface area contributed by atoms with Crippen LogP contribution in [0.1, 0.15) is 23.3 Å². The van der Waals surface area contributed by atoms with Crippen molar-refractivity contribution in [3.63, 3.8) is 0 Å². The molecule has 4 rings (SSSR count). The third-order valence-corrected chi connectivity index (χ3v) is 6.20. The highest BCUT2D eigenvalue weighted by Crippen LogP contribution is 2.36. The second-order valence-corrected chi connectivity index (χ2v) is 8.59. The molecule has 0 atom stereocenters. The number of anilines is 1. The monoisotopic (exact) mass is 527 g/mol. The van der Waals surface area contributed by atoms with Crippen LogP contribution in [0.25, 0.3) is 0 Å². The van der Waals surface area contributed by atoms with E-state index in [0.717, 1.165) is 38.2 Å². The Morgan fingerprint density at radius 3 is 2.33 bits per heavy atom. The third-order valence-electron chi connectivity index (χ3n) is 5.99. The van der Waals surface area contributed by atoms with Crippen LogP contribution in [0, 0.1) is 0 Å². The van der Waals surface area contributed by atoms with Crippen molar-refractivity contribution in [2.45, 2.75) is 24.6 Å². The van der Waals surface area contributed by atoms with Crippen molar-refractivity contribution < 1.29 is 32.7 Å². The minimum absolute atomic E-state index is 0.112. The molecular formula is C23H25ClF3N5O4. The van der Waals surface area contributed by atoms with E-state index >= 15 is 0 Å². The van der Waals surface area contributed by atoms with E-state index in [-0.39, 0.29) is 11.8 Å². The number of amides is 2. The van der Waals surface area contributed by atoms with Gasteiger partial charge in [0.2, 0.25) is 5.91 Å². The van der Waals surface area contributed by atoms with E-state index in [1.807, 2.05) is 30.3 Å². The highest BCUT2D eigenvalue weighted by atomic mass is 35.5. The van der Waals surface area contributed by atoms with Gasteiger partial charge < -0.3 is 25.5 Å². The minimum Gasteiger partial charge on any atom is -0.475 e. The number of likely N-dealkylation sites (tertiary alicyclic amines) is 1. The van der Waals surface area contributed by atoms with E-state index in [0.29, 0.717) is 24.1 Å². The van der Waals surface area contributed by atoms with Crippen LogP contribution in [0.4, 0.5) is 18.9 Å². The molecule has 36 heavy (non-hydrogen) atoms. The summed E-state index contributed by atoms with van der Waals surface area (Å²) in [5.74, 6) is -2.87. The van der Waals surface area contributed by atoms with Gasteiger partial charge in [-0.3, -0.25) is 9.59 Å². The summed E-state index contributed by atoms with van der Waals surface area (Å²) in [5.41, 5.74) is 0.906. The van der Waals surface area contributed by atoms with Gasteiger partial charge in [0.1, 0.15) is 16.4 Å². The summed E-state index contributed by atoms with van der Waals surface area (Å²) in [6, 6.07) is 15.1. The van der Waals surface area contributed by atoms with Gasteiger partial charge in [-0.15, -0.1) is 0 Å². The molecule has 1 aromatic carbocycles. The molecule has 194 valence electrons. The number of carboxylic acid groups (broad SMARTS) is 1. The molecule has 2 saturated heterocycles. The Hall–Kier alpha value is -3.38. The zero-order valence-electron chi connectivity index (χ0n) is 19.1. The largest absolute Gasteiger partial charge is 0.490 e. The van der Waals surface area contributed by atoms with E-state index in [2.05, 4.69) is 25.4 Å². The molecule has 0 radical (unpaired) electrons. The van der Waals surface area contributed by atoms with Crippen LogP contribution >= 0.6 is 11.6 Å². The van der Waals surface area contributed by atoms with E-state index in [4.69, 9.17) is 21.5 Å². The molecule has 13 heteroatoms. The first-order chi connectivity index (χ1) is 17.0. The lowest BCUT2D eigenvalue weighted by atomic mass is 9.85. The first-order valence-electron chi connectivity index (χ1n) is 11.1. The predicted molar refractivity (Wildman–Crippen MR) is 126 cm³/mol. The van der Waals surface area contributed by atoms with Crippen molar-refractivity contribution in [3.05, 3.63) is 59.4 Å². The maximum Gasteiger partial charge on any atom is 0.490 e. The van der Waals surface area contributed by atoms with Crippen molar-refractivity contribution >= 4 is 35.1 Å². The Labute approximate surface area is 210 Å². The number of carbonyl (C=O) groups is 3. The molecule has 2 amide bonds. The highest BCUT2D eigenvalue weighted by molar-refractivity contribution is 6.29. The Morgan fingerprint density at radius 1 is 1.11 bits per heavy atom. The number of para-hydroxylation sites is 1. The van der Waals surface area contributed by atoms with Gasteiger partial charge >= 0.3 is 12.1 Å². The van der Waals surface area contributed by atoms with Crippen LogP contribution in [0.5, 0.6) is 0 Å². The third kappa shape index (κ3) is 6.64. The van der Waals surface area contributed by atoms with Gasteiger partial charge in [0.15, 0.2) is 0 Å². The molecule has 3 heterocycles. The molecule has 2 aliphatic rings. The molecule has 0 saturated carbocycles. The van der Waals surface area contributed by atoms with Gasteiger partial charge in [0.05, 0.1) is 6.67 Å². The second kappa shape index (κ2) is 11.6. The maximum atomic E-state index is 12.7. The van der Waals surface area contributed by atoms with Gasteiger partial charge in [-0.2, -0.15) is 13.2 Å². The quantitative estimate of drug-likeness (QED) is 0.512. The lowest BCUT2D eigenvalue weighted by molar-refractivity contribution is -0.192. The molecule has 2 fully saturated rings. The number of carbonyl (C=O) groups excluding carboxylic acids is 2. The number of rotatable bonds is 5. The van der Waals surface area contributed by atoms with Crippen molar-refractivity contribution in [1.82, 2.24) is 20.5 Å². The fourth-order valence-corrected chi connectivity index (χ4v) is 4.30. The maximum absolute atomic E-state index is 12.7. The Morgan fingerprint density at radius 2 is 1.75 bits per heavy atom. The summed E-state index contributed by atoms with van der Waals surface area (Å²) in [6.07, 6.45) is -3.56. The standard InChI is InChI=1S/C21H24ClN5O2.C2HF3O2/c22-18-8-4-7-17(25-18)19(28)23-11-14-26-12-9-21(10-13-26)20(29)24-15-27(21)16-5-2-1-3-6-16;3-2(4,5)1(6)7/h1-8H,9-15H2,(H,23,28)(H,24,29);(H,6,7). The first kappa shape index (κ1) is 27.2.